The van der Waals surface area contributed by atoms with Gasteiger partial charge in [-0.15, -0.1) is 0 Å². The molecule has 0 radical (unpaired) electrons. The molecule has 0 spiro atoms. The van der Waals surface area contributed by atoms with E-state index in [2.05, 4.69) is 52.0 Å². The zero-order chi connectivity index (χ0) is 17.6. The molecule has 0 aliphatic carbocycles. The minimum absolute atomic E-state index is 0.108. The second-order valence-electron chi connectivity index (χ2n) is 6.96. The molecule has 1 aliphatic heterocycles. The largest absolute Gasteiger partial charge is 0.490 e. The van der Waals surface area contributed by atoms with Crippen molar-refractivity contribution >= 4 is 0 Å². The molecular weight excluding hydrogens is 300 g/mol. The van der Waals surface area contributed by atoms with Crippen molar-refractivity contribution in [2.24, 2.45) is 0 Å². The number of rotatable bonds is 8. The molecule has 2 rings (SSSR count). The summed E-state index contributed by atoms with van der Waals surface area (Å²) in [6, 6.07) is 6.10. The smallest absolute Gasteiger partial charge is 0.126 e. The van der Waals surface area contributed by atoms with Crippen molar-refractivity contribution in [2.75, 3.05) is 13.2 Å². The van der Waals surface area contributed by atoms with Crippen LogP contribution in [-0.4, -0.2) is 24.9 Å². The van der Waals surface area contributed by atoms with Gasteiger partial charge in [0.1, 0.15) is 24.2 Å². The number of allylic oxidation sites excluding steroid dienone is 2. The first kappa shape index (κ1) is 18.6. The van der Waals surface area contributed by atoms with Gasteiger partial charge in [-0.3, -0.25) is 0 Å². The molecule has 0 bridgehead atoms. The summed E-state index contributed by atoms with van der Waals surface area (Å²) in [4.78, 5) is 0. The molecular formula is C21H30O3. The summed E-state index contributed by atoms with van der Waals surface area (Å²) >= 11 is 0. The van der Waals surface area contributed by atoms with E-state index in [1.165, 1.54) is 11.1 Å². The summed E-state index contributed by atoms with van der Waals surface area (Å²) in [6.45, 7) is 11.7. The zero-order valence-electron chi connectivity index (χ0n) is 15.6. The van der Waals surface area contributed by atoms with Gasteiger partial charge in [-0.25, -0.2) is 0 Å². The van der Waals surface area contributed by atoms with Crippen LogP contribution in [0.25, 0.3) is 0 Å². The van der Waals surface area contributed by atoms with Crippen molar-refractivity contribution in [1.29, 1.82) is 0 Å². The number of ether oxygens (including phenoxy) is 3. The fourth-order valence-corrected chi connectivity index (χ4v) is 2.79. The van der Waals surface area contributed by atoms with Crippen LogP contribution < -0.4 is 9.47 Å². The van der Waals surface area contributed by atoms with E-state index in [1.807, 2.05) is 19.1 Å². The minimum atomic E-state index is -0.108. The van der Waals surface area contributed by atoms with E-state index in [4.69, 9.17) is 14.2 Å². The van der Waals surface area contributed by atoms with Gasteiger partial charge in [-0.05, 0) is 58.7 Å². The first-order valence-corrected chi connectivity index (χ1v) is 8.79. The fraction of sp³-hybridized carbons (Fsp3) is 0.524. The Kier molecular flexibility index (Phi) is 6.50. The third kappa shape index (κ3) is 5.72. The van der Waals surface area contributed by atoms with Crippen molar-refractivity contribution in [3.63, 3.8) is 0 Å². The highest BCUT2D eigenvalue weighted by molar-refractivity contribution is 5.43. The second kappa shape index (κ2) is 8.39. The quantitative estimate of drug-likeness (QED) is 0.621. The van der Waals surface area contributed by atoms with E-state index in [0.29, 0.717) is 6.61 Å². The van der Waals surface area contributed by atoms with Crippen molar-refractivity contribution in [2.45, 2.75) is 59.2 Å². The topological polar surface area (TPSA) is 27.7 Å². The molecule has 1 heterocycles. The molecule has 1 aliphatic rings. The van der Waals surface area contributed by atoms with E-state index in [0.717, 1.165) is 30.9 Å². The van der Waals surface area contributed by atoms with E-state index >= 15 is 0 Å². The van der Waals surface area contributed by atoms with Crippen LogP contribution in [0.1, 0.15) is 46.6 Å². The van der Waals surface area contributed by atoms with Crippen LogP contribution in [0.5, 0.6) is 11.5 Å². The van der Waals surface area contributed by atoms with E-state index in [9.17, 15) is 0 Å². The van der Waals surface area contributed by atoms with Crippen LogP contribution in [0.4, 0.5) is 0 Å². The van der Waals surface area contributed by atoms with Gasteiger partial charge < -0.3 is 14.2 Å². The lowest BCUT2D eigenvalue weighted by Gasteiger charge is -2.22. The van der Waals surface area contributed by atoms with Gasteiger partial charge in [0.05, 0.1) is 5.60 Å². The highest BCUT2D eigenvalue weighted by atomic mass is 16.5. The summed E-state index contributed by atoms with van der Waals surface area (Å²) in [5.74, 6) is 1.81. The molecule has 1 aromatic carbocycles. The van der Waals surface area contributed by atoms with E-state index < -0.39 is 0 Å². The molecule has 3 nitrogen and oxygen atoms in total. The summed E-state index contributed by atoms with van der Waals surface area (Å²) in [5.41, 5.74) is 2.35. The SMILES string of the molecule is CCOC(C)(C)CC=CC(C)=CCOc1ccc2c(c1)OC(C)C2. The van der Waals surface area contributed by atoms with Crippen molar-refractivity contribution in [3.05, 3.63) is 47.6 Å². The molecule has 24 heavy (non-hydrogen) atoms. The number of benzene rings is 1. The molecule has 0 saturated carbocycles. The molecule has 1 unspecified atom stereocenters. The van der Waals surface area contributed by atoms with E-state index in [-0.39, 0.29) is 11.7 Å². The lowest BCUT2D eigenvalue weighted by molar-refractivity contribution is -0.00732. The molecule has 0 fully saturated rings. The summed E-state index contributed by atoms with van der Waals surface area (Å²) in [6.07, 6.45) is 8.51. The molecule has 0 aromatic heterocycles. The molecule has 0 N–H and O–H groups in total. The van der Waals surface area contributed by atoms with Gasteiger partial charge in [-0.1, -0.05) is 23.8 Å². The third-order valence-corrected chi connectivity index (χ3v) is 4.05. The molecule has 0 saturated heterocycles. The molecule has 132 valence electrons. The lowest BCUT2D eigenvalue weighted by Crippen LogP contribution is -2.23. The van der Waals surface area contributed by atoms with Crippen molar-refractivity contribution in [3.8, 4) is 11.5 Å². The maximum absolute atomic E-state index is 5.81. The number of fused-ring (bicyclic) bond motifs is 1. The maximum Gasteiger partial charge on any atom is 0.126 e. The van der Waals surface area contributed by atoms with Gasteiger partial charge in [0.2, 0.25) is 0 Å². The predicted octanol–water partition coefficient (Wildman–Crippen LogP) is 5.10. The predicted molar refractivity (Wildman–Crippen MR) is 99.0 cm³/mol. The maximum atomic E-state index is 5.81. The van der Waals surface area contributed by atoms with Crippen LogP contribution in [0, 0.1) is 0 Å². The summed E-state index contributed by atoms with van der Waals surface area (Å²) < 4.78 is 17.3. The Morgan fingerprint density at radius 2 is 2.17 bits per heavy atom. The summed E-state index contributed by atoms with van der Waals surface area (Å²) in [7, 11) is 0. The average Bonchev–Trinajstić information content (AvgIpc) is 2.86. The van der Waals surface area contributed by atoms with Crippen LogP contribution in [0.15, 0.2) is 42.0 Å². The number of hydrogen-bond acceptors (Lipinski definition) is 3. The zero-order valence-corrected chi connectivity index (χ0v) is 15.6. The van der Waals surface area contributed by atoms with Gasteiger partial charge >= 0.3 is 0 Å². The Balaban J connectivity index is 1.80. The van der Waals surface area contributed by atoms with Crippen LogP contribution in [0.3, 0.4) is 0 Å². The molecule has 1 atom stereocenters. The van der Waals surface area contributed by atoms with Crippen molar-refractivity contribution < 1.29 is 14.2 Å². The Morgan fingerprint density at radius 3 is 2.92 bits per heavy atom. The Bertz CT molecular complexity index is 599. The Morgan fingerprint density at radius 1 is 1.38 bits per heavy atom. The molecule has 1 aromatic rings. The fourth-order valence-electron chi connectivity index (χ4n) is 2.79. The van der Waals surface area contributed by atoms with Crippen LogP contribution >= 0.6 is 0 Å². The van der Waals surface area contributed by atoms with Crippen LogP contribution in [0.2, 0.25) is 0 Å². The first-order valence-electron chi connectivity index (χ1n) is 8.79. The lowest BCUT2D eigenvalue weighted by atomic mass is 10.0. The number of hydrogen-bond donors (Lipinski definition) is 0. The monoisotopic (exact) mass is 330 g/mol. The standard InChI is InChI=1S/C21H30O3/c1-6-23-21(4,5)12-7-8-16(2)11-13-22-19-10-9-18-14-17(3)24-20(18)15-19/h7-11,15,17H,6,12-14H2,1-5H3. The normalized spacial score (nSPS) is 17.9. The third-order valence-electron chi connectivity index (χ3n) is 4.05. The van der Waals surface area contributed by atoms with E-state index in [1.54, 1.807) is 0 Å². The van der Waals surface area contributed by atoms with Gasteiger partial charge in [0.15, 0.2) is 0 Å². The molecule has 3 heteroatoms. The second-order valence-corrected chi connectivity index (χ2v) is 6.96. The van der Waals surface area contributed by atoms with Crippen LogP contribution in [-0.2, 0) is 11.2 Å². The average molecular weight is 330 g/mol. The summed E-state index contributed by atoms with van der Waals surface area (Å²) in [5, 5.41) is 0. The van der Waals surface area contributed by atoms with Gasteiger partial charge in [0.25, 0.3) is 0 Å². The highest BCUT2D eigenvalue weighted by Crippen LogP contribution is 2.32. The van der Waals surface area contributed by atoms with Crippen molar-refractivity contribution in [1.82, 2.24) is 0 Å². The minimum Gasteiger partial charge on any atom is -0.490 e. The van der Waals surface area contributed by atoms with Gasteiger partial charge in [-0.2, -0.15) is 0 Å². The first-order chi connectivity index (χ1) is 11.4. The Hall–Kier alpha value is -1.74. The Labute approximate surface area is 146 Å². The molecule has 0 amide bonds. The van der Waals surface area contributed by atoms with Gasteiger partial charge in [0, 0.05) is 19.1 Å². The highest BCUT2D eigenvalue weighted by Gasteiger charge is 2.19.